The van der Waals surface area contributed by atoms with Crippen molar-refractivity contribution < 1.29 is 0 Å². The number of nitrogens with zero attached hydrogens (tertiary/aromatic N) is 1. The summed E-state index contributed by atoms with van der Waals surface area (Å²) in [5.74, 6) is 0.625. The Bertz CT molecular complexity index is 686. The highest BCUT2D eigenvalue weighted by Gasteiger charge is 2.36. The number of benzene rings is 2. The summed E-state index contributed by atoms with van der Waals surface area (Å²) in [5.41, 5.74) is 2.82. The number of likely N-dealkylation sites (tertiary alicyclic amines) is 1. The Balaban J connectivity index is 1.65. The first kappa shape index (κ1) is 14.4. The molecule has 0 amide bonds. The van der Waals surface area contributed by atoms with Crippen molar-refractivity contribution in [3.05, 3.63) is 53.1 Å². The van der Waals surface area contributed by atoms with Crippen LogP contribution in [-0.4, -0.2) is 31.1 Å². The predicted molar refractivity (Wildman–Crippen MR) is 94.3 cm³/mol. The van der Waals surface area contributed by atoms with Gasteiger partial charge >= 0.3 is 0 Å². The number of hydrogen-bond acceptors (Lipinski definition) is 3. The fraction of sp³-hybridized carbons (Fsp3) is 0.333. The van der Waals surface area contributed by atoms with Crippen molar-refractivity contribution in [2.24, 2.45) is 0 Å². The van der Waals surface area contributed by atoms with Crippen LogP contribution in [0.3, 0.4) is 0 Å². The average molecular weight is 331 g/mol. The lowest BCUT2D eigenvalue weighted by Crippen LogP contribution is -2.39. The van der Waals surface area contributed by atoms with Gasteiger partial charge in [0, 0.05) is 33.3 Å². The molecule has 2 nitrogen and oxygen atoms in total. The Morgan fingerprint density at radius 3 is 2.82 bits per heavy atom. The molecule has 0 bridgehead atoms. The molecule has 0 radical (unpaired) electrons. The van der Waals surface area contributed by atoms with E-state index in [1.54, 1.807) is 0 Å². The Morgan fingerprint density at radius 2 is 2.00 bits per heavy atom. The van der Waals surface area contributed by atoms with Crippen molar-refractivity contribution in [2.75, 3.05) is 25.5 Å². The lowest BCUT2D eigenvalue weighted by atomic mass is 9.90. The van der Waals surface area contributed by atoms with Crippen LogP contribution in [0.4, 0.5) is 5.69 Å². The summed E-state index contributed by atoms with van der Waals surface area (Å²) in [6.45, 7) is 2.33. The molecule has 2 aliphatic rings. The smallest absolute Gasteiger partial charge is 0.0521 e. The number of piperidine rings is 1. The topological polar surface area (TPSA) is 15.3 Å². The van der Waals surface area contributed by atoms with Crippen molar-refractivity contribution in [3.8, 4) is 0 Å². The average Bonchev–Trinajstić information content (AvgIpc) is 2.89. The van der Waals surface area contributed by atoms with Crippen LogP contribution >= 0.6 is 23.4 Å². The van der Waals surface area contributed by atoms with Gasteiger partial charge in [0.1, 0.15) is 0 Å². The van der Waals surface area contributed by atoms with Crippen LogP contribution in [0, 0.1) is 0 Å². The molecule has 4 heteroatoms. The zero-order valence-corrected chi connectivity index (χ0v) is 14.1. The quantitative estimate of drug-likeness (QED) is 0.859. The molecule has 0 saturated carbocycles. The molecule has 22 heavy (non-hydrogen) atoms. The zero-order valence-electron chi connectivity index (χ0n) is 12.6. The van der Waals surface area contributed by atoms with Crippen LogP contribution < -0.4 is 5.32 Å². The van der Waals surface area contributed by atoms with Crippen LogP contribution in [0.15, 0.2) is 52.3 Å². The largest absolute Gasteiger partial charge is 0.380 e. The molecule has 4 rings (SSSR count). The van der Waals surface area contributed by atoms with Crippen LogP contribution in [0.2, 0.25) is 5.02 Å². The summed E-state index contributed by atoms with van der Waals surface area (Å²) in [6, 6.07) is 15.4. The maximum atomic E-state index is 5.98. The Labute approximate surface area is 140 Å². The molecule has 1 saturated heterocycles. The number of para-hydroxylation sites is 1. The van der Waals surface area contributed by atoms with Gasteiger partial charge in [-0.05, 0) is 55.9 Å². The van der Waals surface area contributed by atoms with Gasteiger partial charge in [-0.25, -0.2) is 0 Å². The SMILES string of the molecule is CN1CC[C@@H]2Nc3c(Sc4ccc(Cl)cc4)cccc3C2C1. The van der Waals surface area contributed by atoms with Crippen LogP contribution in [0.25, 0.3) is 0 Å². The lowest BCUT2D eigenvalue weighted by molar-refractivity contribution is 0.243. The lowest BCUT2D eigenvalue weighted by Gasteiger charge is -2.32. The molecule has 2 heterocycles. The highest BCUT2D eigenvalue weighted by Crippen LogP contribution is 2.46. The second-order valence-corrected chi connectivity index (χ2v) is 7.74. The van der Waals surface area contributed by atoms with Crippen molar-refractivity contribution in [1.82, 2.24) is 4.90 Å². The van der Waals surface area contributed by atoms with E-state index in [2.05, 4.69) is 47.6 Å². The fourth-order valence-electron chi connectivity index (χ4n) is 3.51. The molecule has 2 aromatic carbocycles. The second-order valence-electron chi connectivity index (χ2n) is 6.18. The molecule has 2 aliphatic heterocycles. The second kappa shape index (κ2) is 5.80. The Kier molecular flexibility index (Phi) is 3.81. The molecule has 0 aliphatic carbocycles. The zero-order chi connectivity index (χ0) is 15.1. The summed E-state index contributed by atoms with van der Waals surface area (Å²) < 4.78 is 0. The third-order valence-corrected chi connectivity index (χ3v) is 5.96. The van der Waals surface area contributed by atoms with E-state index in [1.807, 2.05) is 23.9 Å². The number of halogens is 1. The summed E-state index contributed by atoms with van der Waals surface area (Å²) >= 11 is 7.79. The first-order valence-corrected chi connectivity index (χ1v) is 8.91. The molecule has 0 aromatic heterocycles. The standard InChI is InChI=1S/C18H19ClN2S/c1-21-10-9-16-15(11-21)14-3-2-4-17(18(14)20-16)22-13-7-5-12(19)6-8-13/h2-8,15-16,20H,9-11H2,1H3/t15?,16-/m0/s1. The van der Waals surface area contributed by atoms with E-state index >= 15 is 0 Å². The van der Waals surface area contributed by atoms with Gasteiger partial charge in [-0.3, -0.25) is 0 Å². The summed E-state index contributed by atoms with van der Waals surface area (Å²) in [5, 5.41) is 4.57. The summed E-state index contributed by atoms with van der Waals surface area (Å²) in [4.78, 5) is 4.99. The van der Waals surface area contributed by atoms with E-state index in [0.29, 0.717) is 12.0 Å². The third-order valence-electron chi connectivity index (χ3n) is 4.65. The van der Waals surface area contributed by atoms with Gasteiger partial charge < -0.3 is 10.2 Å². The van der Waals surface area contributed by atoms with Gasteiger partial charge in [0.15, 0.2) is 0 Å². The molecule has 114 valence electrons. The van der Waals surface area contributed by atoms with Crippen molar-refractivity contribution >= 4 is 29.1 Å². The van der Waals surface area contributed by atoms with Crippen molar-refractivity contribution in [3.63, 3.8) is 0 Å². The van der Waals surface area contributed by atoms with E-state index in [4.69, 9.17) is 11.6 Å². The highest BCUT2D eigenvalue weighted by molar-refractivity contribution is 7.99. The number of anilines is 1. The number of fused-ring (bicyclic) bond motifs is 3. The molecule has 1 N–H and O–H groups in total. The number of likely N-dealkylation sites (N-methyl/N-ethyl adjacent to an activating group) is 1. The van der Waals surface area contributed by atoms with E-state index in [0.717, 1.165) is 11.6 Å². The molecule has 1 fully saturated rings. The molecule has 2 aromatic rings. The first-order valence-electron chi connectivity index (χ1n) is 7.72. The van der Waals surface area contributed by atoms with Gasteiger partial charge in [0.2, 0.25) is 0 Å². The van der Waals surface area contributed by atoms with Crippen LogP contribution in [0.5, 0.6) is 0 Å². The monoisotopic (exact) mass is 330 g/mol. The normalized spacial score (nSPS) is 23.7. The van der Waals surface area contributed by atoms with Crippen LogP contribution in [0.1, 0.15) is 17.9 Å². The molecule has 0 spiro atoms. The molecular weight excluding hydrogens is 312 g/mol. The van der Waals surface area contributed by atoms with Crippen molar-refractivity contribution in [1.29, 1.82) is 0 Å². The Morgan fingerprint density at radius 1 is 1.18 bits per heavy atom. The van der Waals surface area contributed by atoms with Crippen molar-refractivity contribution in [2.45, 2.75) is 28.2 Å². The van der Waals surface area contributed by atoms with E-state index in [9.17, 15) is 0 Å². The minimum Gasteiger partial charge on any atom is -0.380 e. The number of rotatable bonds is 2. The molecule has 1 unspecified atom stereocenters. The molecular formula is C18H19ClN2S. The fourth-order valence-corrected chi connectivity index (χ4v) is 4.59. The Hall–Kier alpha value is -1.16. The van der Waals surface area contributed by atoms with E-state index in [-0.39, 0.29) is 0 Å². The maximum absolute atomic E-state index is 5.98. The van der Waals surface area contributed by atoms with E-state index in [1.165, 1.54) is 34.0 Å². The van der Waals surface area contributed by atoms with Gasteiger partial charge in [0.25, 0.3) is 0 Å². The minimum atomic E-state index is 0.596. The van der Waals surface area contributed by atoms with Gasteiger partial charge in [-0.15, -0.1) is 0 Å². The van der Waals surface area contributed by atoms with Gasteiger partial charge in [-0.1, -0.05) is 35.5 Å². The summed E-state index contributed by atoms with van der Waals surface area (Å²) in [6.07, 6.45) is 1.22. The van der Waals surface area contributed by atoms with Gasteiger partial charge in [-0.2, -0.15) is 0 Å². The third kappa shape index (κ3) is 2.62. The van der Waals surface area contributed by atoms with E-state index < -0.39 is 0 Å². The highest BCUT2D eigenvalue weighted by atomic mass is 35.5. The number of nitrogens with one attached hydrogen (secondary N) is 1. The van der Waals surface area contributed by atoms with Crippen LogP contribution in [-0.2, 0) is 0 Å². The number of hydrogen-bond donors (Lipinski definition) is 1. The summed E-state index contributed by atoms with van der Waals surface area (Å²) in [7, 11) is 2.22. The first-order chi connectivity index (χ1) is 10.7. The minimum absolute atomic E-state index is 0.596. The van der Waals surface area contributed by atoms with Gasteiger partial charge in [0.05, 0.1) is 5.69 Å². The maximum Gasteiger partial charge on any atom is 0.0521 e. The predicted octanol–water partition coefficient (Wildman–Crippen LogP) is 4.70. The molecule has 2 atom stereocenters.